The summed E-state index contributed by atoms with van der Waals surface area (Å²) in [7, 11) is 3.22. The predicted octanol–water partition coefficient (Wildman–Crippen LogP) is 2.69. The summed E-state index contributed by atoms with van der Waals surface area (Å²) in [5.41, 5.74) is 0. The van der Waals surface area contributed by atoms with Crippen LogP contribution in [0.5, 0.6) is 0 Å². The van der Waals surface area contributed by atoms with Crippen LogP contribution in [0.2, 0.25) is 0 Å². The maximum atomic E-state index is 10.2. The lowest BCUT2D eigenvalue weighted by molar-refractivity contribution is -0.137. The topological polar surface area (TPSA) is 50.2 Å². The Morgan fingerprint density at radius 3 is 3.00 bits per heavy atom. The van der Waals surface area contributed by atoms with Gasteiger partial charge in [0, 0.05) is 18.4 Å². The summed E-state index contributed by atoms with van der Waals surface area (Å²) in [5.74, 6) is 0.113. The summed E-state index contributed by atoms with van der Waals surface area (Å²) in [6.07, 6.45) is 2.70. The van der Waals surface area contributed by atoms with Crippen LogP contribution >= 0.6 is 21.6 Å². The highest BCUT2D eigenvalue weighted by atomic mass is 33.1. The highest BCUT2D eigenvalue weighted by Gasteiger charge is 1.98. The number of aromatic nitrogens is 1. The van der Waals surface area contributed by atoms with Gasteiger partial charge in [0.2, 0.25) is 0 Å². The quantitative estimate of drug-likeness (QED) is 0.600. The fourth-order valence-corrected chi connectivity index (χ4v) is 2.75. The lowest BCUT2D eigenvalue weighted by atomic mass is 10.3. The van der Waals surface area contributed by atoms with E-state index in [1.807, 2.05) is 18.2 Å². The minimum atomic E-state index is -0.728. The molecule has 0 atom stereocenters. The van der Waals surface area contributed by atoms with E-state index < -0.39 is 5.97 Å². The molecular formula is C9H11NO2S2. The van der Waals surface area contributed by atoms with Crippen molar-refractivity contribution in [2.45, 2.75) is 17.9 Å². The molecule has 0 radical (unpaired) electrons. The van der Waals surface area contributed by atoms with E-state index in [0.29, 0.717) is 6.42 Å². The van der Waals surface area contributed by atoms with Gasteiger partial charge in [0.15, 0.2) is 0 Å². The molecule has 0 bridgehead atoms. The second-order valence-corrected chi connectivity index (χ2v) is 5.01. The summed E-state index contributed by atoms with van der Waals surface area (Å²) in [6.45, 7) is 0. The first kappa shape index (κ1) is 11.4. The second kappa shape index (κ2) is 6.73. The Morgan fingerprint density at radius 2 is 2.36 bits per heavy atom. The average molecular weight is 229 g/mol. The van der Waals surface area contributed by atoms with Gasteiger partial charge in [-0.2, -0.15) is 0 Å². The van der Waals surface area contributed by atoms with Crippen LogP contribution in [0.1, 0.15) is 12.8 Å². The van der Waals surface area contributed by atoms with Crippen LogP contribution in [0.15, 0.2) is 29.4 Å². The molecule has 0 aliphatic rings. The molecule has 3 nitrogen and oxygen atoms in total. The summed E-state index contributed by atoms with van der Waals surface area (Å²) in [5, 5.41) is 9.37. The third kappa shape index (κ3) is 5.14. The standard InChI is InChI=1S/C9H11NO2S2/c11-9(12)5-3-7-13-14-8-4-1-2-6-10-8/h1-2,4,6H,3,5,7H2,(H,11,12). The van der Waals surface area contributed by atoms with Gasteiger partial charge in [-0.15, -0.1) is 0 Å². The Morgan fingerprint density at radius 1 is 1.50 bits per heavy atom. The number of carbonyl (C=O) groups is 1. The zero-order valence-corrected chi connectivity index (χ0v) is 9.18. The number of aliphatic carboxylic acids is 1. The average Bonchev–Trinajstić information content (AvgIpc) is 2.18. The second-order valence-electron chi connectivity index (χ2n) is 2.57. The van der Waals surface area contributed by atoms with E-state index in [0.717, 1.165) is 10.8 Å². The first-order chi connectivity index (χ1) is 6.79. The van der Waals surface area contributed by atoms with Crippen molar-refractivity contribution in [2.24, 2.45) is 0 Å². The molecule has 14 heavy (non-hydrogen) atoms. The van der Waals surface area contributed by atoms with E-state index in [1.54, 1.807) is 27.8 Å². The number of nitrogens with zero attached hydrogens (tertiary/aromatic N) is 1. The van der Waals surface area contributed by atoms with E-state index in [1.165, 1.54) is 0 Å². The number of rotatable bonds is 6. The van der Waals surface area contributed by atoms with Gasteiger partial charge in [-0.25, -0.2) is 4.98 Å². The van der Waals surface area contributed by atoms with Gasteiger partial charge >= 0.3 is 5.97 Å². The maximum absolute atomic E-state index is 10.2. The van der Waals surface area contributed by atoms with Gasteiger partial charge in [0.1, 0.15) is 5.03 Å². The van der Waals surface area contributed by atoms with E-state index in [4.69, 9.17) is 5.11 Å². The molecule has 0 saturated heterocycles. The highest BCUT2D eigenvalue weighted by molar-refractivity contribution is 8.76. The van der Waals surface area contributed by atoms with Gasteiger partial charge in [0.05, 0.1) is 0 Å². The Balaban J connectivity index is 2.08. The third-order valence-corrected chi connectivity index (χ3v) is 3.75. The largest absolute Gasteiger partial charge is 0.481 e. The first-order valence-electron chi connectivity index (χ1n) is 4.21. The van der Waals surface area contributed by atoms with Gasteiger partial charge in [-0.1, -0.05) is 16.9 Å². The number of pyridine rings is 1. The van der Waals surface area contributed by atoms with E-state index in [2.05, 4.69) is 4.98 Å². The summed E-state index contributed by atoms with van der Waals surface area (Å²) < 4.78 is 0. The zero-order valence-electron chi connectivity index (χ0n) is 7.55. The molecule has 0 aliphatic heterocycles. The Hall–Kier alpha value is -0.680. The van der Waals surface area contributed by atoms with Crippen molar-refractivity contribution in [1.82, 2.24) is 4.98 Å². The molecule has 0 unspecified atom stereocenters. The molecule has 1 N–H and O–H groups in total. The van der Waals surface area contributed by atoms with Crippen molar-refractivity contribution < 1.29 is 9.90 Å². The molecule has 0 fully saturated rings. The molecule has 0 aliphatic carbocycles. The molecular weight excluding hydrogens is 218 g/mol. The molecule has 5 heteroatoms. The van der Waals surface area contributed by atoms with Crippen molar-refractivity contribution in [3.05, 3.63) is 24.4 Å². The predicted molar refractivity (Wildman–Crippen MR) is 59.4 cm³/mol. The van der Waals surface area contributed by atoms with Gasteiger partial charge in [-0.3, -0.25) is 4.79 Å². The number of hydrogen-bond acceptors (Lipinski definition) is 4. The molecule has 0 amide bonds. The minimum absolute atomic E-state index is 0.246. The molecule has 0 aromatic carbocycles. The van der Waals surface area contributed by atoms with Gasteiger partial charge in [-0.05, 0) is 29.3 Å². The normalized spacial score (nSPS) is 10.0. The monoisotopic (exact) mass is 229 g/mol. The van der Waals surface area contributed by atoms with Crippen molar-refractivity contribution in [1.29, 1.82) is 0 Å². The molecule has 1 aromatic heterocycles. The Bertz CT molecular complexity index is 279. The van der Waals surface area contributed by atoms with Gasteiger partial charge in [0.25, 0.3) is 0 Å². The lowest BCUT2D eigenvalue weighted by Crippen LogP contribution is -1.94. The number of hydrogen-bond donors (Lipinski definition) is 1. The Kier molecular flexibility index (Phi) is 5.47. The van der Waals surface area contributed by atoms with Gasteiger partial charge < -0.3 is 5.11 Å². The fourth-order valence-electron chi connectivity index (χ4n) is 0.781. The number of carboxylic acids is 1. The van der Waals surface area contributed by atoms with Crippen LogP contribution in [0.4, 0.5) is 0 Å². The SMILES string of the molecule is O=C(O)CCCSSc1ccccn1. The van der Waals surface area contributed by atoms with E-state index in [9.17, 15) is 4.79 Å². The maximum Gasteiger partial charge on any atom is 0.303 e. The van der Waals surface area contributed by atoms with Crippen LogP contribution in [0, 0.1) is 0 Å². The van der Waals surface area contributed by atoms with E-state index >= 15 is 0 Å². The molecule has 0 spiro atoms. The molecule has 0 saturated carbocycles. The summed E-state index contributed by atoms with van der Waals surface area (Å²) in [4.78, 5) is 14.3. The number of carboxylic acid groups (broad SMARTS) is 1. The van der Waals surface area contributed by atoms with Crippen molar-refractivity contribution >= 4 is 27.6 Å². The molecule has 1 rings (SSSR count). The van der Waals surface area contributed by atoms with Crippen molar-refractivity contribution in [2.75, 3.05) is 5.75 Å². The van der Waals surface area contributed by atoms with Crippen LogP contribution in [-0.4, -0.2) is 21.8 Å². The van der Waals surface area contributed by atoms with Crippen molar-refractivity contribution in [3.8, 4) is 0 Å². The van der Waals surface area contributed by atoms with Crippen LogP contribution < -0.4 is 0 Å². The minimum Gasteiger partial charge on any atom is -0.481 e. The molecule has 1 heterocycles. The Labute approximate surface area is 90.7 Å². The summed E-state index contributed by atoms with van der Waals surface area (Å²) in [6, 6.07) is 5.75. The van der Waals surface area contributed by atoms with Crippen LogP contribution in [0.3, 0.4) is 0 Å². The van der Waals surface area contributed by atoms with Crippen LogP contribution in [0.25, 0.3) is 0 Å². The summed E-state index contributed by atoms with van der Waals surface area (Å²) >= 11 is 0. The lowest BCUT2D eigenvalue weighted by Gasteiger charge is -1.98. The third-order valence-electron chi connectivity index (χ3n) is 1.40. The molecule has 76 valence electrons. The first-order valence-corrected chi connectivity index (χ1v) is 6.53. The van der Waals surface area contributed by atoms with E-state index in [-0.39, 0.29) is 6.42 Å². The molecule has 1 aromatic rings. The highest BCUT2D eigenvalue weighted by Crippen LogP contribution is 2.29. The zero-order chi connectivity index (χ0) is 10.2. The van der Waals surface area contributed by atoms with Crippen molar-refractivity contribution in [3.63, 3.8) is 0 Å². The van der Waals surface area contributed by atoms with Crippen LogP contribution in [-0.2, 0) is 4.79 Å². The fraction of sp³-hybridized carbons (Fsp3) is 0.333. The smallest absolute Gasteiger partial charge is 0.303 e.